The largest absolute Gasteiger partial charge is 0.300 e. The molecule has 0 aromatic carbocycles. The zero-order valence-electron chi connectivity index (χ0n) is 18.4. The Kier molecular flexibility index (Phi) is 6.38. The van der Waals surface area contributed by atoms with E-state index in [0.29, 0.717) is 11.1 Å². The Morgan fingerprint density at radius 1 is 0.692 bits per heavy atom. The minimum absolute atomic E-state index is 0.334. The zero-order valence-corrected chi connectivity index (χ0v) is 18.4. The molecule has 3 aliphatic rings. The van der Waals surface area contributed by atoms with Crippen LogP contribution in [0.1, 0.15) is 60.8 Å². The summed E-state index contributed by atoms with van der Waals surface area (Å²) in [5.74, 6) is 0.961. The Labute approximate surface area is 162 Å². The van der Waals surface area contributed by atoms with Crippen LogP contribution >= 0.6 is 0 Å². The Morgan fingerprint density at radius 2 is 1.19 bits per heavy atom. The first-order valence-electron chi connectivity index (χ1n) is 11.1. The van der Waals surface area contributed by atoms with Gasteiger partial charge >= 0.3 is 0 Å². The molecule has 0 aromatic heterocycles. The van der Waals surface area contributed by atoms with E-state index in [-0.39, 0.29) is 0 Å². The fourth-order valence-corrected chi connectivity index (χ4v) is 4.97. The number of hydrogen-bond acceptors (Lipinski definition) is 4. The quantitative estimate of drug-likeness (QED) is 0.760. The average Bonchev–Trinajstić information content (AvgIpc) is 2.52. The highest BCUT2D eigenvalue weighted by Gasteiger charge is 2.35. The van der Waals surface area contributed by atoms with Crippen molar-refractivity contribution >= 4 is 0 Å². The van der Waals surface area contributed by atoms with Gasteiger partial charge in [-0.15, -0.1) is 0 Å². The van der Waals surface area contributed by atoms with Gasteiger partial charge in [-0.3, -0.25) is 14.7 Å². The molecule has 3 aliphatic heterocycles. The molecular formula is C22H44N4. The Hall–Kier alpha value is -0.160. The molecule has 0 N–H and O–H groups in total. The van der Waals surface area contributed by atoms with Crippen LogP contribution in [-0.4, -0.2) is 95.6 Å². The monoisotopic (exact) mass is 364 g/mol. The Morgan fingerprint density at radius 3 is 1.69 bits per heavy atom. The molecule has 26 heavy (non-hydrogen) atoms. The lowest BCUT2D eigenvalue weighted by Crippen LogP contribution is -2.64. The first kappa shape index (κ1) is 20.6. The number of nitrogens with zero attached hydrogens (tertiary/aromatic N) is 4. The van der Waals surface area contributed by atoms with E-state index in [1.54, 1.807) is 0 Å². The smallest absolute Gasteiger partial charge is 0.0351 e. The number of piperidine rings is 1. The minimum Gasteiger partial charge on any atom is -0.300 e. The summed E-state index contributed by atoms with van der Waals surface area (Å²) in [5.41, 5.74) is 0.687. The van der Waals surface area contributed by atoms with Gasteiger partial charge in [-0.1, -0.05) is 0 Å². The van der Waals surface area contributed by atoms with Crippen molar-refractivity contribution < 1.29 is 0 Å². The molecule has 3 saturated heterocycles. The van der Waals surface area contributed by atoms with Crippen LogP contribution in [0, 0.1) is 5.92 Å². The van der Waals surface area contributed by atoms with Crippen LogP contribution in [0.5, 0.6) is 0 Å². The third-order valence-corrected chi connectivity index (χ3v) is 7.13. The predicted octanol–water partition coefficient (Wildman–Crippen LogP) is 2.99. The van der Waals surface area contributed by atoms with E-state index in [1.165, 1.54) is 78.2 Å². The second-order valence-corrected chi connectivity index (χ2v) is 11.0. The highest BCUT2D eigenvalue weighted by Crippen LogP contribution is 2.27. The fraction of sp³-hybridized carbons (Fsp3) is 1.00. The van der Waals surface area contributed by atoms with Gasteiger partial charge in [0.05, 0.1) is 0 Å². The molecule has 3 rings (SSSR count). The van der Waals surface area contributed by atoms with Crippen molar-refractivity contribution in [1.82, 2.24) is 19.6 Å². The minimum atomic E-state index is 0.334. The molecule has 0 radical (unpaired) electrons. The average molecular weight is 365 g/mol. The summed E-state index contributed by atoms with van der Waals surface area (Å²) in [5, 5.41) is 0. The van der Waals surface area contributed by atoms with Gasteiger partial charge in [-0.25, -0.2) is 0 Å². The van der Waals surface area contributed by atoms with Crippen LogP contribution in [-0.2, 0) is 0 Å². The fourth-order valence-electron chi connectivity index (χ4n) is 4.97. The second kappa shape index (κ2) is 8.06. The lowest BCUT2D eigenvalue weighted by molar-refractivity contribution is -0.0166. The van der Waals surface area contributed by atoms with Gasteiger partial charge in [-0.2, -0.15) is 0 Å². The van der Waals surface area contributed by atoms with Crippen LogP contribution in [0.15, 0.2) is 0 Å². The van der Waals surface area contributed by atoms with Crippen molar-refractivity contribution in [2.45, 2.75) is 77.9 Å². The van der Waals surface area contributed by atoms with E-state index < -0.39 is 0 Å². The van der Waals surface area contributed by atoms with Crippen LogP contribution < -0.4 is 0 Å². The van der Waals surface area contributed by atoms with Gasteiger partial charge in [0.15, 0.2) is 0 Å². The topological polar surface area (TPSA) is 13.0 Å². The van der Waals surface area contributed by atoms with Crippen molar-refractivity contribution in [2.24, 2.45) is 5.92 Å². The molecule has 3 fully saturated rings. The lowest BCUT2D eigenvalue weighted by atomic mass is 9.90. The summed E-state index contributed by atoms with van der Waals surface area (Å²) >= 11 is 0. The highest BCUT2D eigenvalue weighted by atomic mass is 15.4. The number of piperazine rings is 1. The zero-order chi connectivity index (χ0) is 18.9. The molecule has 0 saturated carbocycles. The van der Waals surface area contributed by atoms with E-state index in [4.69, 9.17) is 0 Å². The van der Waals surface area contributed by atoms with E-state index in [0.717, 1.165) is 12.0 Å². The third-order valence-electron chi connectivity index (χ3n) is 7.13. The van der Waals surface area contributed by atoms with Crippen LogP contribution in [0.4, 0.5) is 0 Å². The summed E-state index contributed by atoms with van der Waals surface area (Å²) in [7, 11) is 0. The molecule has 4 heteroatoms. The first-order valence-corrected chi connectivity index (χ1v) is 11.1. The van der Waals surface area contributed by atoms with Crippen molar-refractivity contribution in [3.05, 3.63) is 0 Å². The summed E-state index contributed by atoms with van der Waals surface area (Å²) in [4.78, 5) is 10.8. The molecule has 0 aliphatic carbocycles. The van der Waals surface area contributed by atoms with Gasteiger partial charge in [0.1, 0.15) is 0 Å². The number of hydrogen-bond donors (Lipinski definition) is 0. The van der Waals surface area contributed by atoms with Crippen molar-refractivity contribution in [3.63, 3.8) is 0 Å². The summed E-state index contributed by atoms with van der Waals surface area (Å²) in [6.07, 6.45) is 4.23. The standard InChI is InChI=1S/C22H44N4/c1-21(2,3)25-11-8-19(9-12-25)7-10-23-17-20(18-23)24-13-15-26(16-14-24)22(4,5)6/h19-20H,7-18H2,1-6H3. The van der Waals surface area contributed by atoms with Crippen LogP contribution in [0.25, 0.3) is 0 Å². The maximum absolute atomic E-state index is 2.75. The van der Waals surface area contributed by atoms with Crippen LogP contribution in [0.3, 0.4) is 0 Å². The SMILES string of the molecule is CC(C)(C)N1CCC(CCN2CC(N3CCN(C(C)(C)C)CC3)C2)CC1. The molecule has 0 bridgehead atoms. The summed E-state index contributed by atoms with van der Waals surface area (Å²) in [6, 6.07) is 0.833. The molecule has 0 spiro atoms. The predicted molar refractivity (Wildman–Crippen MR) is 112 cm³/mol. The second-order valence-electron chi connectivity index (χ2n) is 11.0. The van der Waals surface area contributed by atoms with E-state index in [1.807, 2.05) is 0 Å². The van der Waals surface area contributed by atoms with Gasteiger partial charge in [-0.05, 0) is 86.4 Å². The molecule has 152 valence electrons. The van der Waals surface area contributed by atoms with Crippen LogP contribution in [0.2, 0.25) is 0 Å². The highest BCUT2D eigenvalue weighted by molar-refractivity contribution is 4.92. The molecule has 4 nitrogen and oxygen atoms in total. The van der Waals surface area contributed by atoms with Crippen molar-refractivity contribution in [3.8, 4) is 0 Å². The Balaban J connectivity index is 1.29. The number of likely N-dealkylation sites (tertiary alicyclic amines) is 2. The lowest BCUT2D eigenvalue weighted by Gasteiger charge is -2.50. The molecule has 0 atom stereocenters. The molecule has 3 heterocycles. The van der Waals surface area contributed by atoms with Gasteiger partial charge in [0.25, 0.3) is 0 Å². The molecule has 0 aromatic rings. The van der Waals surface area contributed by atoms with Gasteiger partial charge < -0.3 is 4.90 Å². The maximum atomic E-state index is 2.75. The molecular weight excluding hydrogens is 320 g/mol. The summed E-state index contributed by atoms with van der Waals surface area (Å²) < 4.78 is 0. The van der Waals surface area contributed by atoms with E-state index >= 15 is 0 Å². The molecule has 0 unspecified atom stereocenters. The van der Waals surface area contributed by atoms with Crippen molar-refractivity contribution in [2.75, 3.05) is 58.9 Å². The van der Waals surface area contributed by atoms with Gasteiger partial charge in [0, 0.05) is 56.4 Å². The first-order chi connectivity index (χ1) is 12.1. The molecule has 0 amide bonds. The third kappa shape index (κ3) is 5.21. The van der Waals surface area contributed by atoms with E-state index in [2.05, 4.69) is 61.1 Å². The summed E-state index contributed by atoms with van der Waals surface area (Å²) in [6.45, 7) is 25.7. The van der Waals surface area contributed by atoms with E-state index in [9.17, 15) is 0 Å². The maximum Gasteiger partial charge on any atom is 0.0351 e. The van der Waals surface area contributed by atoms with Gasteiger partial charge in [0.2, 0.25) is 0 Å². The van der Waals surface area contributed by atoms with Crippen molar-refractivity contribution in [1.29, 1.82) is 0 Å². The normalized spacial score (nSPS) is 27.0. The Bertz CT molecular complexity index is 425. The number of rotatable bonds is 4.